The minimum atomic E-state index is -0.0339. The number of aryl methyl sites for hydroxylation is 1. The van der Waals surface area contributed by atoms with Crippen LogP contribution in [-0.4, -0.2) is 24.5 Å². The Morgan fingerprint density at radius 1 is 1.21 bits per heavy atom. The lowest BCUT2D eigenvalue weighted by Gasteiger charge is -2.12. The van der Waals surface area contributed by atoms with Crippen LogP contribution in [0.25, 0.3) is 0 Å². The van der Waals surface area contributed by atoms with Crippen molar-refractivity contribution < 1.29 is 4.79 Å². The van der Waals surface area contributed by atoms with E-state index in [0.717, 1.165) is 31.0 Å². The van der Waals surface area contributed by atoms with E-state index in [1.165, 1.54) is 10.4 Å². The summed E-state index contributed by atoms with van der Waals surface area (Å²) in [5, 5.41) is 11.8. The summed E-state index contributed by atoms with van der Waals surface area (Å²) in [5.74, 6) is 0.744. The van der Waals surface area contributed by atoms with Gasteiger partial charge in [0, 0.05) is 23.0 Å². The van der Waals surface area contributed by atoms with Gasteiger partial charge in [-0.05, 0) is 61.9 Å². The number of hydrogen-bond donors (Lipinski definition) is 3. The van der Waals surface area contributed by atoms with Crippen molar-refractivity contribution in [1.29, 1.82) is 0 Å². The van der Waals surface area contributed by atoms with E-state index in [-0.39, 0.29) is 35.9 Å². The van der Waals surface area contributed by atoms with Gasteiger partial charge in [-0.3, -0.25) is 4.79 Å². The summed E-state index contributed by atoms with van der Waals surface area (Å²) in [5.41, 5.74) is 2.98. The molecule has 3 N–H and O–H groups in total. The minimum Gasteiger partial charge on any atom is -0.357 e. The Morgan fingerprint density at radius 3 is 2.64 bits per heavy atom. The number of hydrogen-bond acceptors (Lipinski definition) is 3. The predicted octanol–water partition coefficient (Wildman–Crippen LogP) is 4.46. The van der Waals surface area contributed by atoms with Gasteiger partial charge in [0.05, 0.1) is 13.1 Å². The Bertz CT molecular complexity index is 775. The zero-order valence-electron chi connectivity index (χ0n) is 17.0. The first kappa shape index (κ1) is 24.4. The van der Waals surface area contributed by atoms with Crippen LogP contribution in [-0.2, 0) is 13.1 Å². The lowest BCUT2D eigenvalue weighted by atomic mass is 10.1. The van der Waals surface area contributed by atoms with Crippen molar-refractivity contribution in [3.8, 4) is 0 Å². The van der Waals surface area contributed by atoms with Crippen molar-refractivity contribution >= 4 is 47.2 Å². The molecule has 0 aliphatic rings. The number of nitrogens with zero attached hydrogens (tertiary/aromatic N) is 1. The second kappa shape index (κ2) is 12.8. The molecule has 0 saturated heterocycles. The van der Waals surface area contributed by atoms with Crippen molar-refractivity contribution in [2.45, 2.75) is 53.2 Å². The van der Waals surface area contributed by atoms with E-state index in [9.17, 15) is 4.79 Å². The fourth-order valence-electron chi connectivity index (χ4n) is 2.48. The quantitative estimate of drug-likeness (QED) is 0.277. The average Bonchev–Trinajstić information content (AvgIpc) is 3.09. The average molecular weight is 514 g/mol. The Balaban J connectivity index is 0.00000392. The molecular formula is C21H31IN4OS. The molecule has 1 heterocycles. The molecule has 0 fully saturated rings. The number of amides is 1. The number of rotatable bonds is 8. The number of guanidine groups is 1. The fraction of sp³-hybridized carbons (Fsp3) is 0.429. The Labute approximate surface area is 189 Å². The molecule has 0 saturated carbocycles. The van der Waals surface area contributed by atoms with Gasteiger partial charge in [0.1, 0.15) is 0 Å². The summed E-state index contributed by atoms with van der Waals surface area (Å²) in [6.45, 7) is 10.3. The first-order chi connectivity index (χ1) is 13.0. The summed E-state index contributed by atoms with van der Waals surface area (Å²) < 4.78 is 0. The van der Waals surface area contributed by atoms with E-state index in [2.05, 4.69) is 46.2 Å². The molecule has 1 atom stereocenters. The van der Waals surface area contributed by atoms with E-state index in [4.69, 9.17) is 0 Å². The van der Waals surface area contributed by atoms with Gasteiger partial charge >= 0.3 is 0 Å². The van der Waals surface area contributed by atoms with Crippen LogP contribution in [0.4, 0.5) is 0 Å². The molecule has 0 radical (unpaired) electrons. The van der Waals surface area contributed by atoms with Gasteiger partial charge in [-0.1, -0.05) is 19.1 Å². The number of carbonyl (C=O) groups is 1. The highest BCUT2D eigenvalue weighted by molar-refractivity contribution is 14.0. The van der Waals surface area contributed by atoms with Crippen LogP contribution in [0.3, 0.4) is 0 Å². The summed E-state index contributed by atoms with van der Waals surface area (Å²) >= 11 is 1.75. The lowest BCUT2D eigenvalue weighted by molar-refractivity contribution is 0.0939. The minimum absolute atomic E-state index is 0. The van der Waals surface area contributed by atoms with Crippen LogP contribution in [0, 0.1) is 6.92 Å². The van der Waals surface area contributed by atoms with E-state index in [1.807, 2.05) is 38.1 Å². The molecular weight excluding hydrogens is 483 g/mol. The lowest BCUT2D eigenvalue weighted by Crippen LogP contribution is -2.36. The van der Waals surface area contributed by atoms with E-state index < -0.39 is 0 Å². The summed E-state index contributed by atoms with van der Waals surface area (Å²) in [7, 11) is 0. The molecule has 1 aromatic carbocycles. The summed E-state index contributed by atoms with van der Waals surface area (Å²) in [6, 6.07) is 9.95. The van der Waals surface area contributed by atoms with Crippen LogP contribution < -0.4 is 16.0 Å². The SMILES string of the molecule is CCNC(=NCc1cccc(C(=O)NC(C)CC)c1)NCc1sccc1C.I. The maximum absolute atomic E-state index is 12.3. The van der Waals surface area contributed by atoms with Crippen LogP contribution in [0.5, 0.6) is 0 Å². The Morgan fingerprint density at radius 2 is 2.00 bits per heavy atom. The van der Waals surface area contributed by atoms with Gasteiger partial charge in [0.25, 0.3) is 5.91 Å². The number of carbonyl (C=O) groups excluding carboxylic acids is 1. The maximum Gasteiger partial charge on any atom is 0.251 e. The Kier molecular flexibility index (Phi) is 11.1. The van der Waals surface area contributed by atoms with Crippen LogP contribution in [0.2, 0.25) is 0 Å². The molecule has 154 valence electrons. The largest absolute Gasteiger partial charge is 0.357 e. The molecule has 0 bridgehead atoms. The van der Waals surface area contributed by atoms with Crippen LogP contribution in [0.15, 0.2) is 40.7 Å². The van der Waals surface area contributed by atoms with Crippen molar-refractivity contribution in [2.75, 3.05) is 6.54 Å². The summed E-state index contributed by atoms with van der Waals surface area (Å²) in [6.07, 6.45) is 0.914. The standard InChI is InChI=1S/C21H30N4OS.HI/c1-5-16(4)25-20(26)18-9-7-8-17(12-18)13-23-21(22-6-2)24-14-19-15(3)10-11-27-19;/h7-12,16H,5-6,13-14H2,1-4H3,(H,25,26)(H2,22,23,24);1H. The maximum atomic E-state index is 12.3. The normalized spacial score (nSPS) is 12.1. The number of halogens is 1. The van der Waals surface area contributed by atoms with Gasteiger partial charge < -0.3 is 16.0 Å². The van der Waals surface area contributed by atoms with Crippen molar-refractivity contribution in [2.24, 2.45) is 4.99 Å². The fourth-order valence-corrected chi connectivity index (χ4v) is 3.33. The molecule has 5 nitrogen and oxygen atoms in total. The number of thiophene rings is 1. The molecule has 1 unspecified atom stereocenters. The number of nitrogens with one attached hydrogen (secondary N) is 3. The molecule has 1 aromatic heterocycles. The predicted molar refractivity (Wildman–Crippen MR) is 130 cm³/mol. The molecule has 2 rings (SSSR count). The van der Waals surface area contributed by atoms with Gasteiger partial charge in [-0.25, -0.2) is 4.99 Å². The second-order valence-corrected chi connectivity index (χ2v) is 7.56. The van der Waals surface area contributed by atoms with Crippen molar-refractivity contribution in [1.82, 2.24) is 16.0 Å². The molecule has 0 aliphatic carbocycles. The number of benzene rings is 1. The number of aliphatic imine (C=N–C) groups is 1. The van der Waals surface area contributed by atoms with Crippen LogP contribution >= 0.6 is 35.3 Å². The summed E-state index contributed by atoms with van der Waals surface area (Å²) in [4.78, 5) is 18.3. The van der Waals surface area contributed by atoms with Crippen molar-refractivity contribution in [3.05, 3.63) is 57.3 Å². The molecule has 1 amide bonds. The third kappa shape index (κ3) is 7.79. The molecule has 28 heavy (non-hydrogen) atoms. The molecule has 0 spiro atoms. The third-order valence-corrected chi connectivity index (χ3v) is 5.35. The molecule has 2 aromatic rings. The Hall–Kier alpha value is -1.61. The zero-order chi connectivity index (χ0) is 19.6. The van der Waals surface area contributed by atoms with Crippen molar-refractivity contribution in [3.63, 3.8) is 0 Å². The van der Waals surface area contributed by atoms with Gasteiger partial charge in [0.15, 0.2) is 5.96 Å². The van der Waals surface area contributed by atoms with E-state index >= 15 is 0 Å². The topological polar surface area (TPSA) is 65.5 Å². The first-order valence-electron chi connectivity index (χ1n) is 9.48. The second-order valence-electron chi connectivity index (χ2n) is 6.56. The zero-order valence-corrected chi connectivity index (χ0v) is 20.2. The van der Waals surface area contributed by atoms with Gasteiger partial charge in [0.2, 0.25) is 0 Å². The van der Waals surface area contributed by atoms with E-state index in [0.29, 0.717) is 12.1 Å². The van der Waals surface area contributed by atoms with Crippen LogP contribution in [0.1, 0.15) is 53.6 Å². The first-order valence-corrected chi connectivity index (χ1v) is 10.4. The van der Waals surface area contributed by atoms with Gasteiger partial charge in [-0.15, -0.1) is 35.3 Å². The van der Waals surface area contributed by atoms with E-state index in [1.54, 1.807) is 11.3 Å². The smallest absolute Gasteiger partial charge is 0.251 e. The highest BCUT2D eigenvalue weighted by Gasteiger charge is 2.09. The highest BCUT2D eigenvalue weighted by atomic mass is 127. The molecule has 0 aliphatic heterocycles. The molecule has 7 heteroatoms. The third-order valence-electron chi connectivity index (χ3n) is 4.33. The highest BCUT2D eigenvalue weighted by Crippen LogP contribution is 2.14. The van der Waals surface area contributed by atoms with Gasteiger partial charge in [-0.2, -0.15) is 0 Å². The monoisotopic (exact) mass is 514 g/mol.